The van der Waals surface area contributed by atoms with Crippen LogP contribution in [-0.4, -0.2) is 117 Å². The standard InChI is InChI=1S/C24H21FN4O2.C22H19N3.2C19H12F3N3.C18H11F3N4/c1-15-11-16(4-5-21(15)25)22-19(3-2-6-26-22)17-12-18-14-27-28-23(18)20(13-17)24(30)29-7-9-31-10-8-29;1-25-14-24-20-10-9-17(13-21(20)25)19-6-3-11-23-22(19)18-5-2-4-16(12-18)15-7-8-15;20-19(21,22)15-4-1-3-13(10-15)18-16(5-2-8-23-18)12-6-7-17-14(9-12)11-24-25-17;20-19(21,22)15-4-1-3-13(11-15)18-16(5-2-8-24-18)14-6-7-17-23-9-10-25(17)12-14;19-18(20,21)14-4-1-3-11(8-14)16-15(5-2-6-22-16)12-7-13-10-24-25-17(13)23-9-12/h2-6,11-14H,7-10H2,1H3,(H,27,28);2-6,9-15H,7-8H2,1H3;1-11H,(H,24,25);1-12H;1-10H,(H,23,24,25). The van der Waals surface area contributed by atoms with Crippen LogP contribution in [0.5, 0.6) is 0 Å². The number of aromatic amines is 3. The number of carbonyl (C=O) groups excluding carboxylic acids is 1. The van der Waals surface area contributed by atoms with Crippen molar-refractivity contribution in [2.45, 2.75) is 44.2 Å². The molecule has 19 nitrogen and oxygen atoms in total. The summed E-state index contributed by atoms with van der Waals surface area (Å²) in [5, 5.41) is 23.3. The van der Waals surface area contributed by atoms with Crippen molar-refractivity contribution in [3.05, 3.63) is 363 Å². The van der Waals surface area contributed by atoms with Crippen molar-refractivity contribution in [3.8, 4) is 112 Å². The van der Waals surface area contributed by atoms with Gasteiger partial charge in [-0.25, -0.2) is 19.3 Å². The molecule has 2 aliphatic rings. The number of hydrogen-bond acceptors (Lipinski definition) is 13. The predicted molar refractivity (Wildman–Crippen MR) is 484 cm³/mol. The van der Waals surface area contributed by atoms with E-state index in [0.717, 1.165) is 137 Å². The summed E-state index contributed by atoms with van der Waals surface area (Å²) in [6, 6.07) is 69.9. The van der Waals surface area contributed by atoms with E-state index in [2.05, 4.69) is 119 Å². The highest BCUT2D eigenvalue weighted by Gasteiger charge is 2.34. The lowest BCUT2D eigenvalue weighted by atomic mass is 9.95. The molecule has 3 N–H and O–H groups in total. The molecule has 0 bridgehead atoms. The fourth-order valence-corrected chi connectivity index (χ4v) is 15.8. The molecule has 8 aromatic carbocycles. The van der Waals surface area contributed by atoms with Crippen molar-refractivity contribution < 1.29 is 53.4 Å². The van der Waals surface area contributed by atoms with Gasteiger partial charge >= 0.3 is 18.5 Å². The monoisotopic (exact) mass is 1760 g/mol. The first-order chi connectivity index (χ1) is 63.5. The molecule has 1 aliphatic heterocycles. The van der Waals surface area contributed by atoms with Crippen LogP contribution in [0.2, 0.25) is 0 Å². The molecule has 29 heteroatoms. The number of pyridine rings is 7. The van der Waals surface area contributed by atoms with Crippen molar-refractivity contribution >= 4 is 55.4 Å². The van der Waals surface area contributed by atoms with Crippen molar-refractivity contribution in [1.82, 2.24) is 84.3 Å². The summed E-state index contributed by atoms with van der Waals surface area (Å²) in [5.41, 5.74) is 21.0. The number of imidazole rings is 2. The van der Waals surface area contributed by atoms with Crippen LogP contribution in [0.3, 0.4) is 0 Å². The van der Waals surface area contributed by atoms with Gasteiger partial charge in [0, 0.05) is 159 Å². The van der Waals surface area contributed by atoms with Gasteiger partial charge < -0.3 is 18.6 Å². The minimum atomic E-state index is -4.40. The van der Waals surface area contributed by atoms with Crippen LogP contribution in [-0.2, 0) is 30.3 Å². The van der Waals surface area contributed by atoms with Crippen LogP contribution >= 0.6 is 0 Å². The number of amides is 1. The molecule has 20 aromatic rings. The third kappa shape index (κ3) is 19.0. The molecule has 0 radical (unpaired) electrons. The topological polar surface area (TPSA) is 228 Å². The normalized spacial score (nSPS) is 12.8. The van der Waals surface area contributed by atoms with Gasteiger partial charge in [-0.15, -0.1) is 0 Å². The highest BCUT2D eigenvalue weighted by Crippen LogP contribution is 2.45. The number of fused-ring (bicyclic) bond motifs is 5. The van der Waals surface area contributed by atoms with E-state index in [1.807, 2.05) is 121 Å². The molecule has 0 unspecified atom stereocenters. The Hall–Kier alpha value is -16.0. The van der Waals surface area contributed by atoms with E-state index >= 15 is 0 Å². The predicted octanol–water partition coefficient (Wildman–Crippen LogP) is 24.5. The summed E-state index contributed by atoms with van der Waals surface area (Å²) < 4.78 is 140. The van der Waals surface area contributed by atoms with E-state index in [0.29, 0.717) is 87.9 Å². The number of ether oxygens (including phenoxy) is 1. The van der Waals surface area contributed by atoms with E-state index in [1.54, 1.807) is 116 Å². The third-order valence-electron chi connectivity index (χ3n) is 22.5. The lowest BCUT2D eigenvalue weighted by molar-refractivity contribution is -0.138. The summed E-state index contributed by atoms with van der Waals surface area (Å²) in [4.78, 5) is 50.2. The van der Waals surface area contributed by atoms with Gasteiger partial charge in [0.05, 0.1) is 111 Å². The highest BCUT2D eigenvalue weighted by atomic mass is 19.4. The Bertz CT molecular complexity index is 7170. The smallest absolute Gasteiger partial charge is 0.378 e. The van der Waals surface area contributed by atoms with Gasteiger partial charge in [0.15, 0.2) is 5.65 Å². The maximum Gasteiger partial charge on any atom is 0.416 e. The number of H-pyrrole nitrogens is 3. The lowest BCUT2D eigenvalue weighted by Crippen LogP contribution is -2.40. The quantitative estimate of drug-likeness (QED) is 0.0968. The number of morpholine rings is 1. The summed E-state index contributed by atoms with van der Waals surface area (Å²) >= 11 is 0. The molecule has 0 atom stereocenters. The largest absolute Gasteiger partial charge is 0.416 e. The van der Waals surface area contributed by atoms with Gasteiger partial charge in [0.2, 0.25) is 0 Å². The highest BCUT2D eigenvalue weighted by molar-refractivity contribution is 6.08. The molecule has 131 heavy (non-hydrogen) atoms. The van der Waals surface area contributed by atoms with Crippen molar-refractivity contribution in [1.29, 1.82) is 0 Å². The Morgan fingerprint density at radius 3 is 1.47 bits per heavy atom. The summed E-state index contributed by atoms with van der Waals surface area (Å²) in [5.74, 6) is 0.444. The number of carbonyl (C=O) groups is 1. The molecule has 13 heterocycles. The molecule has 650 valence electrons. The van der Waals surface area contributed by atoms with E-state index in [-0.39, 0.29) is 11.7 Å². The Kier molecular flexibility index (Phi) is 24.0. The van der Waals surface area contributed by atoms with Crippen LogP contribution in [0, 0.1) is 12.7 Å². The first kappa shape index (κ1) is 85.7. The average Bonchev–Trinajstić information content (AvgIpc) is 1.70. The van der Waals surface area contributed by atoms with Crippen molar-refractivity contribution in [2.24, 2.45) is 7.05 Å². The minimum Gasteiger partial charge on any atom is -0.378 e. The molecule has 12 aromatic heterocycles. The van der Waals surface area contributed by atoms with Crippen LogP contribution in [0.1, 0.15) is 56.9 Å². The molecule has 1 amide bonds. The number of aromatic nitrogens is 16. The van der Waals surface area contributed by atoms with Crippen LogP contribution in [0.4, 0.5) is 43.9 Å². The number of benzene rings is 8. The number of aryl methyl sites for hydroxylation is 2. The van der Waals surface area contributed by atoms with Gasteiger partial charge in [-0.2, -0.15) is 54.8 Å². The zero-order chi connectivity index (χ0) is 90.5. The summed E-state index contributed by atoms with van der Waals surface area (Å²) in [6.07, 6.45) is 11.7. The van der Waals surface area contributed by atoms with Gasteiger partial charge in [-0.3, -0.25) is 45.0 Å². The van der Waals surface area contributed by atoms with Crippen molar-refractivity contribution in [2.75, 3.05) is 26.3 Å². The molecule has 2 fully saturated rings. The second kappa shape index (κ2) is 36.7. The van der Waals surface area contributed by atoms with Crippen LogP contribution in [0.15, 0.2) is 323 Å². The number of nitrogens with zero attached hydrogens (tertiary/aromatic N) is 14. The van der Waals surface area contributed by atoms with Gasteiger partial charge in [-0.1, -0.05) is 97.1 Å². The van der Waals surface area contributed by atoms with Gasteiger partial charge in [0.25, 0.3) is 5.91 Å². The zero-order valence-electron chi connectivity index (χ0n) is 69.8. The van der Waals surface area contributed by atoms with E-state index in [1.165, 1.54) is 59.4 Å². The Morgan fingerprint density at radius 1 is 0.412 bits per heavy atom. The first-order valence-corrected chi connectivity index (χ1v) is 41.5. The Labute approximate surface area is 741 Å². The lowest BCUT2D eigenvalue weighted by Gasteiger charge is -2.27. The number of nitrogens with one attached hydrogen (secondary N) is 3. The van der Waals surface area contributed by atoms with Crippen molar-refractivity contribution in [3.63, 3.8) is 0 Å². The van der Waals surface area contributed by atoms with Gasteiger partial charge in [0.1, 0.15) is 11.5 Å². The molecular formula is C102H75F10N17O2. The van der Waals surface area contributed by atoms with E-state index < -0.39 is 35.2 Å². The summed E-state index contributed by atoms with van der Waals surface area (Å²) in [7, 11) is 2.03. The fraction of sp³-hybridized carbons (Fsp3) is 0.118. The number of rotatable bonds is 12. The number of hydrogen-bond donors (Lipinski definition) is 3. The third-order valence-corrected chi connectivity index (χ3v) is 22.5. The Morgan fingerprint density at radius 2 is 0.893 bits per heavy atom. The fourth-order valence-electron chi connectivity index (χ4n) is 15.8. The first-order valence-electron chi connectivity index (χ1n) is 41.5. The van der Waals surface area contributed by atoms with E-state index in [4.69, 9.17) is 9.72 Å². The second-order valence-electron chi connectivity index (χ2n) is 31.2. The Balaban J connectivity index is 0.000000110. The van der Waals surface area contributed by atoms with E-state index in [9.17, 15) is 48.7 Å². The molecule has 1 saturated heterocycles. The SMILES string of the molecule is Cc1cc(-c2ncccc2-c2cc(C(=O)N3CCOCC3)c3[nH]ncc3c2)ccc1F.Cn1cnc2ccc(-c3cccnc3-c3cccc(C4CC4)c3)cc21.FC(F)(F)c1cccc(-c2ncccc2-c2ccc3[nH]ncc3c2)c1.FC(F)(F)c1cccc(-c2ncccc2-c2ccc3nccn3c2)c1.FC(F)(F)c1cccc(-c2ncccc2-c2cnc3[nH]ncc3c2)c1. The molecule has 22 rings (SSSR count). The molecule has 1 saturated carbocycles. The van der Waals surface area contributed by atoms with Crippen LogP contribution in [0.25, 0.3) is 161 Å². The second-order valence-corrected chi connectivity index (χ2v) is 31.2. The molecular weight excluding hydrogens is 1690 g/mol. The molecule has 1 aliphatic carbocycles. The minimum absolute atomic E-state index is 0.0533. The van der Waals surface area contributed by atoms with Crippen LogP contribution < -0.4 is 0 Å². The number of alkyl halides is 9. The molecule has 0 spiro atoms. The maximum atomic E-state index is 13.8. The maximum absolute atomic E-state index is 13.8. The average molecular weight is 1760 g/mol. The van der Waals surface area contributed by atoms with Gasteiger partial charge in [-0.05, 0) is 199 Å². The number of halogens is 10. The zero-order valence-corrected chi connectivity index (χ0v) is 69.8. The summed E-state index contributed by atoms with van der Waals surface area (Å²) in [6.45, 7) is 3.93.